The minimum absolute atomic E-state index is 0.0536. The highest BCUT2D eigenvalue weighted by Crippen LogP contribution is 2.04. The molecule has 0 aliphatic rings. The number of hydrogen-bond donors (Lipinski definition) is 1. The lowest BCUT2D eigenvalue weighted by Gasteiger charge is -1.99. The molecule has 1 rings (SSSR count). The van der Waals surface area contributed by atoms with E-state index in [1.54, 1.807) is 13.0 Å². The Bertz CT molecular complexity index is 250. The van der Waals surface area contributed by atoms with E-state index in [0.29, 0.717) is 12.1 Å². The molecular formula is C8H10FNO. The SMILES string of the molecule is Cc1nc(CCO)ccc1F. The summed E-state index contributed by atoms with van der Waals surface area (Å²) in [5, 5.41) is 8.55. The molecule has 0 aliphatic carbocycles. The smallest absolute Gasteiger partial charge is 0.144 e. The first kappa shape index (κ1) is 8.14. The van der Waals surface area contributed by atoms with Crippen LogP contribution in [0.25, 0.3) is 0 Å². The first-order chi connectivity index (χ1) is 5.24. The van der Waals surface area contributed by atoms with Gasteiger partial charge in [0.2, 0.25) is 0 Å². The van der Waals surface area contributed by atoms with Crippen LogP contribution >= 0.6 is 0 Å². The second-order valence-corrected chi connectivity index (χ2v) is 2.34. The number of rotatable bonds is 2. The molecule has 0 saturated carbocycles. The van der Waals surface area contributed by atoms with E-state index in [9.17, 15) is 4.39 Å². The minimum Gasteiger partial charge on any atom is -0.396 e. The Hall–Kier alpha value is -0.960. The van der Waals surface area contributed by atoms with Crippen LogP contribution in [0.1, 0.15) is 11.4 Å². The van der Waals surface area contributed by atoms with Gasteiger partial charge in [0.15, 0.2) is 0 Å². The van der Waals surface area contributed by atoms with E-state index in [1.165, 1.54) is 6.07 Å². The van der Waals surface area contributed by atoms with E-state index in [-0.39, 0.29) is 12.4 Å². The molecule has 11 heavy (non-hydrogen) atoms. The first-order valence-corrected chi connectivity index (χ1v) is 3.47. The summed E-state index contributed by atoms with van der Waals surface area (Å²) in [5.41, 5.74) is 1.11. The van der Waals surface area contributed by atoms with Crippen molar-refractivity contribution in [2.75, 3.05) is 6.61 Å². The van der Waals surface area contributed by atoms with Gasteiger partial charge in [-0.1, -0.05) is 0 Å². The van der Waals surface area contributed by atoms with Crippen molar-refractivity contribution in [2.45, 2.75) is 13.3 Å². The molecule has 0 fully saturated rings. The number of aromatic nitrogens is 1. The third-order valence-electron chi connectivity index (χ3n) is 1.45. The second kappa shape index (κ2) is 3.44. The quantitative estimate of drug-likeness (QED) is 0.692. The van der Waals surface area contributed by atoms with Crippen molar-refractivity contribution in [3.63, 3.8) is 0 Å². The molecule has 0 saturated heterocycles. The van der Waals surface area contributed by atoms with Crippen LogP contribution in [0.15, 0.2) is 12.1 Å². The van der Waals surface area contributed by atoms with Gasteiger partial charge in [0.05, 0.1) is 5.69 Å². The molecule has 0 aromatic carbocycles. The summed E-state index contributed by atoms with van der Waals surface area (Å²) < 4.78 is 12.6. The minimum atomic E-state index is -0.299. The van der Waals surface area contributed by atoms with Crippen LogP contribution in [0.3, 0.4) is 0 Å². The normalized spacial score (nSPS) is 10.1. The lowest BCUT2D eigenvalue weighted by atomic mass is 10.2. The van der Waals surface area contributed by atoms with Gasteiger partial charge in [-0.3, -0.25) is 4.98 Å². The number of hydrogen-bond acceptors (Lipinski definition) is 2. The molecular weight excluding hydrogens is 145 g/mol. The molecule has 3 heteroatoms. The average molecular weight is 155 g/mol. The standard InChI is InChI=1S/C8H10FNO/c1-6-8(9)3-2-7(10-6)4-5-11/h2-3,11H,4-5H2,1H3. The summed E-state index contributed by atoms with van der Waals surface area (Å²) in [6.07, 6.45) is 0.487. The molecule has 60 valence electrons. The van der Waals surface area contributed by atoms with Crippen LogP contribution < -0.4 is 0 Å². The van der Waals surface area contributed by atoms with Crippen molar-refractivity contribution in [2.24, 2.45) is 0 Å². The van der Waals surface area contributed by atoms with Gasteiger partial charge in [-0.15, -0.1) is 0 Å². The Labute approximate surface area is 64.7 Å². The summed E-state index contributed by atoms with van der Waals surface area (Å²) in [5.74, 6) is -0.299. The van der Waals surface area contributed by atoms with Crippen molar-refractivity contribution >= 4 is 0 Å². The Balaban J connectivity index is 2.86. The van der Waals surface area contributed by atoms with Gasteiger partial charge in [0.25, 0.3) is 0 Å². The molecule has 1 aromatic heterocycles. The highest BCUT2D eigenvalue weighted by Gasteiger charge is 1.98. The van der Waals surface area contributed by atoms with Crippen LogP contribution in [0.5, 0.6) is 0 Å². The van der Waals surface area contributed by atoms with Gasteiger partial charge >= 0.3 is 0 Å². The fraction of sp³-hybridized carbons (Fsp3) is 0.375. The average Bonchev–Trinajstić information content (AvgIpc) is 1.98. The summed E-state index contributed by atoms with van der Waals surface area (Å²) in [7, 11) is 0. The Morgan fingerprint density at radius 3 is 2.82 bits per heavy atom. The molecule has 0 unspecified atom stereocenters. The summed E-state index contributed by atoms with van der Waals surface area (Å²) in [4.78, 5) is 3.93. The van der Waals surface area contributed by atoms with Crippen molar-refractivity contribution in [3.05, 3.63) is 29.3 Å². The number of halogens is 1. The zero-order chi connectivity index (χ0) is 8.27. The maximum absolute atomic E-state index is 12.6. The Morgan fingerprint density at radius 2 is 2.27 bits per heavy atom. The summed E-state index contributed by atoms with van der Waals surface area (Å²) in [6, 6.07) is 2.95. The van der Waals surface area contributed by atoms with Gasteiger partial charge in [-0.05, 0) is 19.1 Å². The number of nitrogens with zero attached hydrogens (tertiary/aromatic N) is 1. The number of pyridine rings is 1. The molecule has 2 nitrogen and oxygen atoms in total. The van der Waals surface area contributed by atoms with Crippen molar-refractivity contribution in [1.82, 2.24) is 4.98 Å². The number of aliphatic hydroxyl groups is 1. The molecule has 0 radical (unpaired) electrons. The lowest BCUT2D eigenvalue weighted by Crippen LogP contribution is -1.97. The Kier molecular flexibility index (Phi) is 2.54. The van der Waals surface area contributed by atoms with E-state index < -0.39 is 0 Å². The zero-order valence-corrected chi connectivity index (χ0v) is 6.34. The van der Waals surface area contributed by atoms with E-state index in [4.69, 9.17) is 5.11 Å². The summed E-state index contributed by atoms with van der Waals surface area (Å²) >= 11 is 0. The van der Waals surface area contributed by atoms with Crippen LogP contribution in [0.4, 0.5) is 4.39 Å². The topological polar surface area (TPSA) is 33.1 Å². The zero-order valence-electron chi connectivity index (χ0n) is 6.34. The number of aryl methyl sites for hydroxylation is 1. The van der Waals surface area contributed by atoms with Crippen LogP contribution in [-0.4, -0.2) is 16.7 Å². The molecule has 0 spiro atoms. The highest BCUT2D eigenvalue weighted by atomic mass is 19.1. The number of aliphatic hydroxyl groups excluding tert-OH is 1. The maximum Gasteiger partial charge on any atom is 0.144 e. The van der Waals surface area contributed by atoms with E-state index in [2.05, 4.69) is 4.98 Å². The van der Waals surface area contributed by atoms with E-state index in [1.807, 2.05) is 0 Å². The van der Waals surface area contributed by atoms with Gasteiger partial charge in [0, 0.05) is 18.7 Å². The van der Waals surface area contributed by atoms with Gasteiger partial charge < -0.3 is 5.11 Å². The van der Waals surface area contributed by atoms with Crippen molar-refractivity contribution in [3.8, 4) is 0 Å². The highest BCUT2D eigenvalue weighted by molar-refractivity contribution is 5.12. The van der Waals surface area contributed by atoms with Crippen molar-refractivity contribution in [1.29, 1.82) is 0 Å². The van der Waals surface area contributed by atoms with Gasteiger partial charge in [-0.2, -0.15) is 0 Å². The van der Waals surface area contributed by atoms with Gasteiger partial charge in [-0.25, -0.2) is 4.39 Å². The van der Waals surface area contributed by atoms with Crippen LogP contribution in [0.2, 0.25) is 0 Å². The van der Waals surface area contributed by atoms with Gasteiger partial charge in [0.1, 0.15) is 5.82 Å². The molecule has 0 bridgehead atoms. The summed E-state index contributed by atoms with van der Waals surface area (Å²) in [6.45, 7) is 1.66. The fourth-order valence-electron chi connectivity index (χ4n) is 0.850. The lowest BCUT2D eigenvalue weighted by molar-refractivity contribution is 0.298. The third kappa shape index (κ3) is 1.98. The molecule has 0 amide bonds. The Morgan fingerprint density at radius 1 is 1.55 bits per heavy atom. The van der Waals surface area contributed by atoms with Crippen molar-refractivity contribution < 1.29 is 9.50 Å². The predicted molar refractivity (Wildman–Crippen MR) is 39.7 cm³/mol. The largest absolute Gasteiger partial charge is 0.396 e. The van der Waals surface area contributed by atoms with Crippen LogP contribution in [0, 0.1) is 12.7 Å². The monoisotopic (exact) mass is 155 g/mol. The molecule has 1 heterocycles. The maximum atomic E-state index is 12.6. The fourth-order valence-corrected chi connectivity index (χ4v) is 0.850. The third-order valence-corrected chi connectivity index (χ3v) is 1.45. The molecule has 0 aliphatic heterocycles. The van der Waals surface area contributed by atoms with E-state index in [0.717, 1.165) is 5.69 Å². The molecule has 1 N–H and O–H groups in total. The van der Waals surface area contributed by atoms with E-state index >= 15 is 0 Å². The van der Waals surface area contributed by atoms with Crippen LogP contribution in [-0.2, 0) is 6.42 Å². The second-order valence-electron chi connectivity index (χ2n) is 2.34. The molecule has 0 atom stereocenters. The predicted octanol–water partition coefficient (Wildman–Crippen LogP) is 1.06. The molecule has 1 aromatic rings. The first-order valence-electron chi connectivity index (χ1n) is 3.47.